The minimum absolute atomic E-state index is 0.244. The van der Waals surface area contributed by atoms with Crippen LogP contribution in [0.3, 0.4) is 0 Å². The molecule has 0 radical (unpaired) electrons. The number of hydrogen-bond donors (Lipinski definition) is 0. The first-order valence-corrected chi connectivity index (χ1v) is 10.8. The molecule has 2 aromatic carbocycles. The Balaban J connectivity index is 1.53. The summed E-state index contributed by atoms with van der Waals surface area (Å²) < 4.78 is 33.1. The van der Waals surface area contributed by atoms with Crippen molar-refractivity contribution in [2.45, 2.75) is 42.9 Å². The molecule has 0 spiro atoms. The number of aryl methyl sites for hydroxylation is 2. The molecule has 0 N–H and O–H groups in total. The van der Waals surface area contributed by atoms with Crippen LogP contribution in [-0.2, 0) is 22.9 Å². The lowest BCUT2D eigenvalue weighted by molar-refractivity contribution is 0.414. The van der Waals surface area contributed by atoms with Gasteiger partial charge in [0.1, 0.15) is 5.75 Å². The monoisotopic (exact) mass is 371 g/mol. The molecule has 2 aromatic rings. The van der Waals surface area contributed by atoms with E-state index >= 15 is 0 Å². The van der Waals surface area contributed by atoms with Crippen molar-refractivity contribution < 1.29 is 13.2 Å². The summed E-state index contributed by atoms with van der Waals surface area (Å²) in [5.41, 5.74) is 3.70. The number of rotatable bonds is 4. The maximum atomic E-state index is 13.1. The fraction of sp³-hybridized carbons (Fsp3) is 0.429. The fourth-order valence-corrected chi connectivity index (χ4v) is 5.67. The molecule has 26 heavy (non-hydrogen) atoms. The molecule has 138 valence electrons. The summed E-state index contributed by atoms with van der Waals surface area (Å²) in [6.07, 6.45) is 5.27. The molecule has 1 heterocycles. The van der Waals surface area contributed by atoms with E-state index in [-0.39, 0.29) is 5.92 Å². The standard InChI is InChI=1S/C21H25NO3S/c1-25-20-9-6-17(7-10-20)19-12-13-22(15-19)26(23,24)21-11-8-16-4-2-3-5-18(16)14-21/h6-11,14,19H,2-5,12-13,15H2,1H3. The molecule has 0 amide bonds. The third-order valence-corrected chi connectivity index (χ3v) is 7.56. The summed E-state index contributed by atoms with van der Waals surface area (Å²) in [7, 11) is -1.77. The Kier molecular flexibility index (Phi) is 4.76. The van der Waals surface area contributed by atoms with Crippen molar-refractivity contribution in [2.75, 3.05) is 20.2 Å². The summed E-state index contributed by atoms with van der Waals surface area (Å²) in [4.78, 5) is 0.452. The summed E-state index contributed by atoms with van der Waals surface area (Å²) in [6, 6.07) is 13.7. The second-order valence-corrected chi connectivity index (χ2v) is 9.20. The van der Waals surface area contributed by atoms with Crippen molar-refractivity contribution in [1.29, 1.82) is 0 Å². The van der Waals surface area contributed by atoms with Gasteiger partial charge in [-0.25, -0.2) is 8.42 Å². The van der Waals surface area contributed by atoms with E-state index in [0.717, 1.165) is 31.4 Å². The SMILES string of the molecule is COc1ccc(C2CCN(S(=O)(=O)c3ccc4c(c3)CCCC4)C2)cc1. The third-order valence-electron chi connectivity index (χ3n) is 5.70. The molecule has 1 aliphatic carbocycles. The third kappa shape index (κ3) is 3.26. The Morgan fingerprint density at radius 1 is 1.00 bits per heavy atom. The summed E-state index contributed by atoms with van der Waals surface area (Å²) in [5.74, 6) is 1.07. The zero-order valence-electron chi connectivity index (χ0n) is 15.1. The van der Waals surface area contributed by atoms with Gasteiger partial charge in [-0.1, -0.05) is 18.2 Å². The van der Waals surface area contributed by atoms with Gasteiger partial charge in [0, 0.05) is 13.1 Å². The normalized spacial score (nSPS) is 20.7. The molecule has 0 aromatic heterocycles. The summed E-state index contributed by atoms with van der Waals surface area (Å²) >= 11 is 0. The smallest absolute Gasteiger partial charge is 0.243 e. The van der Waals surface area contributed by atoms with Crippen LogP contribution < -0.4 is 4.74 Å². The Labute approximate surface area is 155 Å². The van der Waals surface area contributed by atoms with Crippen LogP contribution in [0.1, 0.15) is 41.9 Å². The lowest BCUT2D eigenvalue weighted by Gasteiger charge is -2.20. The Morgan fingerprint density at radius 3 is 2.46 bits per heavy atom. The van der Waals surface area contributed by atoms with E-state index in [1.807, 2.05) is 36.4 Å². The first-order chi connectivity index (χ1) is 12.6. The van der Waals surface area contributed by atoms with Crippen LogP contribution >= 0.6 is 0 Å². The van der Waals surface area contributed by atoms with Gasteiger partial charge >= 0.3 is 0 Å². The van der Waals surface area contributed by atoms with E-state index in [4.69, 9.17) is 4.74 Å². The molecule has 1 fully saturated rings. The fourth-order valence-electron chi connectivity index (χ4n) is 4.11. The average molecular weight is 372 g/mol. The van der Waals surface area contributed by atoms with Crippen LogP contribution in [0.5, 0.6) is 5.75 Å². The van der Waals surface area contributed by atoms with E-state index in [2.05, 4.69) is 0 Å². The highest BCUT2D eigenvalue weighted by Gasteiger charge is 2.33. The molecular weight excluding hydrogens is 346 g/mol. The van der Waals surface area contributed by atoms with Gasteiger partial charge in [0.05, 0.1) is 12.0 Å². The van der Waals surface area contributed by atoms with Crippen molar-refractivity contribution >= 4 is 10.0 Å². The highest BCUT2D eigenvalue weighted by molar-refractivity contribution is 7.89. The maximum absolute atomic E-state index is 13.1. The highest BCUT2D eigenvalue weighted by Crippen LogP contribution is 2.33. The zero-order valence-corrected chi connectivity index (χ0v) is 16.0. The minimum atomic E-state index is -3.42. The molecule has 0 bridgehead atoms. The summed E-state index contributed by atoms with van der Waals surface area (Å²) in [6.45, 7) is 1.13. The molecule has 1 unspecified atom stereocenters. The van der Waals surface area contributed by atoms with Gasteiger partial charge in [0.25, 0.3) is 0 Å². The van der Waals surface area contributed by atoms with E-state index < -0.39 is 10.0 Å². The largest absolute Gasteiger partial charge is 0.497 e. The van der Waals surface area contributed by atoms with E-state index in [1.54, 1.807) is 17.5 Å². The minimum Gasteiger partial charge on any atom is -0.497 e. The van der Waals surface area contributed by atoms with Crippen molar-refractivity contribution in [3.63, 3.8) is 0 Å². The second kappa shape index (κ2) is 7.05. The van der Waals surface area contributed by atoms with Crippen LogP contribution in [0.4, 0.5) is 0 Å². The number of benzene rings is 2. The van der Waals surface area contributed by atoms with Crippen molar-refractivity contribution in [1.82, 2.24) is 4.31 Å². The number of ether oxygens (including phenoxy) is 1. The van der Waals surface area contributed by atoms with Gasteiger partial charge in [-0.15, -0.1) is 0 Å². The van der Waals surface area contributed by atoms with Gasteiger partial charge in [0.2, 0.25) is 10.0 Å². The number of nitrogens with zero attached hydrogens (tertiary/aromatic N) is 1. The van der Waals surface area contributed by atoms with E-state index in [1.165, 1.54) is 23.1 Å². The molecule has 4 nitrogen and oxygen atoms in total. The van der Waals surface area contributed by atoms with E-state index in [0.29, 0.717) is 18.0 Å². The van der Waals surface area contributed by atoms with Crippen LogP contribution in [-0.4, -0.2) is 32.9 Å². The number of hydrogen-bond acceptors (Lipinski definition) is 3. The van der Waals surface area contributed by atoms with Gasteiger partial charge < -0.3 is 4.74 Å². The average Bonchev–Trinajstić information content (AvgIpc) is 3.19. The molecule has 1 atom stereocenters. The Bertz CT molecular complexity index is 890. The Hall–Kier alpha value is -1.85. The first kappa shape index (κ1) is 17.6. The zero-order chi connectivity index (χ0) is 18.1. The number of fused-ring (bicyclic) bond motifs is 1. The van der Waals surface area contributed by atoms with Crippen LogP contribution in [0.2, 0.25) is 0 Å². The second-order valence-electron chi connectivity index (χ2n) is 7.26. The molecule has 0 saturated carbocycles. The molecule has 1 saturated heterocycles. The van der Waals surface area contributed by atoms with Gasteiger partial charge in [-0.05, 0) is 79.0 Å². The maximum Gasteiger partial charge on any atom is 0.243 e. The predicted octanol–water partition coefficient (Wildman–Crippen LogP) is 3.75. The Morgan fingerprint density at radius 2 is 1.73 bits per heavy atom. The molecule has 2 aliphatic rings. The first-order valence-electron chi connectivity index (χ1n) is 9.34. The highest BCUT2D eigenvalue weighted by atomic mass is 32.2. The van der Waals surface area contributed by atoms with Gasteiger partial charge in [-0.3, -0.25) is 0 Å². The molecule has 1 aliphatic heterocycles. The molecular formula is C21H25NO3S. The topological polar surface area (TPSA) is 46.6 Å². The van der Waals surface area contributed by atoms with Gasteiger partial charge in [-0.2, -0.15) is 4.31 Å². The van der Waals surface area contributed by atoms with Crippen LogP contribution in [0.25, 0.3) is 0 Å². The molecule has 5 heteroatoms. The lowest BCUT2D eigenvalue weighted by atomic mass is 9.92. The van der Waals surface area contributed by atoms with Gasteiger partial charge in [0.15, 0.2) is 0 Å². The van der Waals surface area contributed by atoms with Crippen molar-refractivity contribution in [3.8, 4) is 5.75 Å². The van der Waals surface area contributed by atoms with Crippen LogP contribution in [0.15, 0.2) is 47.4 Å². The summed E-state index contributed by atoms with van der Waals surface area (Å²) in [5, 5.41) is 0. The quantitative estimate of drug-likeness (QED) is 0.822. The van der Waals surface area contributed by atoms with E-state index in [9.17, 15) is 8.42 Å². The number of methoxy groups -OCH3 is 1. The lowest BCUT2D eigenvalue weighted by Crippen LogP contribution is -2.29. The van der Waals surface area contributed by atoms with Crippen molar-refractivity contribution in [3.05, 3.63) is 59.2 Å². The van der Waals surface area contributed by atoms with Crippen LogP contribution in [0, 0.1) is 0 Å². The number of sulfonamides is 1. The predicted molar refractivity (Wildman–Crippen MR) is 102 cm³/mol. The van der Waals surface area contributed by atoms with Crippen molar-refractivity contribution in [2.24, 2.45) is 0 Å². The molecule has 4 rings (SSSR count).